The first-order chi connectivity index (χ1) is 10.2. The molecule has 3 nitrogen and oxygen atoms in total. The summed E-state index contributed by atoms with van der Waals surface area (Å²) in [6.45, 7) is 6.01. The van der Waals surface area contributed by atoms with Gasteiger partial charge in [0.2, 0.25) is 5.91 Å². The highest BCUT2D eigenvalue weighted by molar-refractivity contribution is 5.76. The van der Waals surface area contributed by atoms with E-state index >= 15 is 0 Å². The predicted octanol–water partition coefficient (Wildman–Crippen LogP) is 4.10. The monoisotopic (exact) mass is 296 g/mol. The minimum absolute atomic E-state index is 0.349. The summed E-state index contributed by atoms with van der Waals surface area (Å²) in [5.74, 6) is 0.869. The van der Waals surface area contributed by atoms with Gasteiger partial charge in [-0.3, -0.25) is 4.79 Å². The van der Waals surface area contributed by atoms with E-state index in [-0.39, 0.29) is 0 Å². The molecule has 0 aromatic rings. The van der Waals surface area contributed by atoms with E-state index in [1.165, 1.54) is 51.4 Å². The van der Waals surface area contributed by atoms with Crippen LogP contribution < -0.4 is 5.73 Å². The van der Waals surface area contributed by atoms with E-state index in [1.807, 2.05) is 0 Å². The topological polar surface area (TPSA) is 46.3 Å². The highest BCUT2D eigenvalue weighted by atomic mass is 16.2. The van der Waals surface area contributed by atoms with E-state index in [0.717, 1.165) is 25.8 Å². The summed E-state index contributed by atoms with van der Waals surface area (Å²) in [6, 6.07) is 0.393. The Bertz CT molecular complexity index is 280. The molecule has 0 bridgehead atoms. The number of unbranched alkanes of at least 4 members (excludes halogenated alkanes) is 8. The van der Waals surface area contributed by atoms with Crippen molar-refractivity contribution in [3.63, 3.8) is 0 Å². The molecule has 2 unspecified atom stereocenters. The molecule has 1 aliphatic rings. The molecule has 1 aliphatic heterocycles. The summed E-state index contributed by atoms with van der Waals surface area (Å²) in [5, 5.41) is 0. The van der Waals surface area contributed by atoms with Crippen molar-refractivity contribution in [3.05, 3.63) is 0 Å². The number of nitrogens with zero attached hydrogens (tertiary/aromatic N) is 1. The van der Waals surface area contributed by atoms with Crippen molar-refractivity contribution in [2.75, 3.05) is 13.1 Å². The number of hydrogen-bond acceptors (Lipinski definition) is 2. The van der Waals surface area contributed by atoms with Gasteiger partial charge in [-0.05, 0) is 32.2 Å². The molecule has 124 valence electrons. The van der Waals surface area contributed by atoms with Crippen LogP contribution in [0.4, 0.5) is 0 Å². The third kappa shape index (κ3) is 7.30. The number of likely N-dealkylation sites (tertiary alicyclic amines) is 1. The Morgan fingerprint density at radius 2 is 1.62 bits per heavy atom. The first-order valence-electron chi connectivity index (χ1n) is 9.18. The Hall–Kier alpha value is -0.570. The Labute approximate surface area is 131 Å². The van der Waals surface area contributed by atoms with Crippen molar-refractivity contribution >= 4 is 5.91 Å². The van der Waals surface area contributed by atoms with Gasteiger partial charge in [-0.2, -0.15) is 0 Å². The molecule has 21 heavy (non-hydrogen) atoms. The molecule has 2 N–H and O–H groups in total. The maximum Gasteiger partial charge on any atom is 0.222 e. The van der Waals surface area contributed by atoms with E-state index in [4.69, 9.17) is 5.73 Å². The van der Waals surface area contributed by atoms with Gasteiger partial charge in [0.15, 0.2) is 0 Å². The fourth-order valence-electron chi connectivity index (χ4n) is 3.39. The fraction of sp³-hybridized carbons (Fsp3) is 0.944. The zero-order chi connectivity index (χ0) is 15.5. The van der Waals surface area contributed by atoms with Crippen LogP contribution in [0, 0.1) is 5.92 Å². The molecule has 0 spiro atoms. The summed E-state index contributed by atoms with van der Waals surface area (Å²) in [6.07, 6.45) is 13.6. The van der Waals surface area contributed by atoms with Crippen LogP contribution in [0.1, 0.15) is 84.5 Å². The Balaban J connectivity index is 1.99. The molecule has 1 rings (SSSR count). The van der Waals surface area contributed by atoms with Crippen LogP contribution in [-0.2, 0) is 4.79 Å². The molecular weight excluding hydrogens is 260 g/mol. The van der Waals surface area contributed by atoms with Crippen LogP contribution in [0.15, 0.2) is 0 Å². The maximum atomic E-state index is 12.2. The molecular formula is C18H36N2O. The molecule has 2 atom stereocenters. The van der Waals surface area contributed by atoms with Crippen molar-refractivity contribution in [1.29, 1.82) is 0 Å². The molecule has 0 aromatic heterocycles. The molecule has 0 aliphatic carbocycles. The van der Waals surface area contributed by atoms with Gasteiger partial charge in [0.25, 0.3) is 0 Å². The number of nitrogens with two attached hydrogens (primary N) is 1. The Kier molecular flexibility index (Phi) is 9.73. The Morgan fingerprint density at radius 3 is 2.14 bits per heavy atom. The third-order valence-corrected chi connectivity index (χ3v) is 4.81. The molecule has 1 amide bonds. The first kappa shape index (κ1) is 18.5. The number of hydrogen-bond donors (Lipinski definition) is 1. The van der Waals surface area contributed by atoms with Crippen LogP contribution in [0.2, 0.25) is 0 Å². The van der Waals surface area contributed by atoms with Crippen LogP contribution >= 0.6 is 0 Å². The summed E-state index contributed by atoms with van der Waals surface area (Å²) in [5.41, 5.74) is 5.72. The van der Waals surface area contributed by atoms with Crippen molar-refractivity contribution in [2.24, 2.45) is 11.7 Å². The quantitative estimate of drug-likeness (QED) is 0.583. The second-order valence-electron chi connectivity index (χ2n) is 6.81. The standard InChI is InChI=1S/C18H36N2O/c1-3-4-5-6-7-8-9-10-11-12-18(21)20-15-17(14-19)13-16(20)2/h16-17H,3-15,19H2,1-2H3. The molecule has 0 aromatic carbocycles. The zero-order valence-corrected chi connectivity index (χ0v) is 14.3. The van der Waals surface area contributed by atoms with E-state index in [2.05, 4.69) is 18.7 Å². The van der Waals surface area contributed by atoms with Gasteiger partial charge in [0.05, 0.1) is 0 Å². The van der Waals surface area contributed by atoms with E-state index in [1.54, 1.807) is 0 Å². The van der Waals surface area contributed by atoms with Gasteiger partial charge in [-0.25, -0.2) is 0 Å². The summed E-state index contributed by atoms with van der Waals surface area (Å²) in [4.78, 5) is 14.3. The van der Waals surface area contributed by atoms with Crippen LogP contribution in [0.5, 0.6) is 0 Å². The second kappa shape index (κ2) is 11.1. The van der Waals surface area contributed by atoms with Gasteiger partial charge in [0, 0.05) is 19.0 Å². The molecule has 0 radical (unpaired) electrons. The molecule has 1 heterocycles. The summed E-state index contributed by atoms with van der Waals surface area (Å²) >= 11 is 0. The van der Waals surface area contributed by atoms with Gasteiger partial charge in [-0.15, -0.1) is 0 Å². The number of carbonyl (C=O) groups excluding carboxylic acids is 1. The number of amides is 1. The lowest BCUT2D eigenvalue weighted by atomic mass is 10.1. The number of carbonyl (C=O) groups is 1. The van der Waals surface area contributed by atoms with Crippen molar-refractivity contribution in [2.45, 2.75) is 90.5 Å². The van der Waals surface area contributed by atoms with E-state index in [9.17, 15) is 4.79 Å². The SMILES string of the molecule is CCCCCCCCCCCC(=O)N1CC(CN)CC1C. The highest BCUT2D eigenvalue weighted by Crippen LogP contribution is 2.23. The van der Waals surface area contributed by atoms with Crippen LogP contribution in [0.25, 0.3) is 0 Å². The normalized spacial score (nSPS) is 22.0. The van der Waals surface area contributed by atoms with Crippen LogP contribution in [-0.4, -0.2) is 29.9 Å². The number of rotatable bonds is 11. The van der Waals surface area contributed by atoms with Gasteiger partial charge in [-0.1, -0.05) is 58.3 Å². The maximum absolute atomic E-state index is 12.2. The Morgan fingerprint density at radius 1 is 1.05 bits per heavy atom. The second-order valence-corrected chi connectivity index (χ2v) is 6.81. The minimum atomic E-state index is 0.349. The van der Waals surface area contributed by atoms with Gasteiger partial charge in [0.1, 0.15) is 0 Å². The molecule has 1 saturated heterocycles. The lowest BCUT2D eigenvalue weighted by Crippen LogP contribution is -2.34. The lowest BCUT2D eigenvalue weighted by molar-refractivity contribution is -0.131. The average Bonchev–Trinajstić information content (AvgIpc) is 2.86. The smallest absolute Gasteiger partial charge is 0.222 e. The van der Waals surface area contributed by atoms with Crippen molar-refractivity contribution in [1.82, 2.24) is 4.90 Å². The van der Waals surface area contributed by atoms with Crippen LogP contribution in [0.3, 0.4) is 0 Å². The first-order valence-corrected chi connectivity index (χ1v) is 9.18. The molecule has 0 saturated carbocycles. The largest absolute Gasteiger partial charge is 0.340 e. The van der Waals surface area contributed by atoms with E-state index in [0.29, 0.717) is 24.4 Å². The minimum Gasteiger partial charge on any atom is -0.340 e. The zero-order valence-electron chi connectivity index (χ0n) is 14.3. The highest BCUT2D eigenvalue weighted by Gasteiger charge is 2.30. The third-order valence-electron chi connectivity index (χ3n) is 4.81. The fourth-order valence-corrected chi connectivity index (χ4v) is 3.39. The lowest BCUT2D eigenvalue weighted by Gasteiger charge is -2.21. The van der Waals surface area contributed by atoms with Crippen molar-refractivity contribution < 1.29 is 4.79 Å². The summed E-state index contributed by atoms with van der Waals surface area (Å²) in [7, 11) is 0. The van der Waals surface area contributed by atoms with Gasteiger partial charge >= 0.3 is 0 Å². The predicted molar refractivity (Wildman–Crippen MR) is 90.2 cm³/mol. The van der Waals surface area contributed by atoms with Crippen molar-refractivity contribution in [3.8, 4) is 0 Å². The molecule has 1 fully saturated rings. The van der Waals surface area contributed by atoms with E-state index < -0.39 is 0 Å². The summed E-state index contributed by atoms with van der Waals surface area (Å²) < 4.78 is 0. The van der Waals surface area contributed by atoms with Gasteiger partial charge < -0.3 is 10.6 Å². The average molecular weight is 296 g/mol. The molecule has 3 heteroatoms.